The summed E-state index contributed by atoms with van der Waals surface area (Å²) in [6.07, 6.45) is 6.49. The Labute approximate surface area is 143 Å². The molecule has 0 aliphatic carbocycles. The van der Waals surface area contributed by atoms with Crippen molar-refractivity contribution in [3.63, 3.8) is 0 Å². The largest absolute Gasteiger partial charge is 0.355 e. The fraction of sp³-hybridized carbons (Fsp3) is 0.706. The minimum atomic E-state index is -0.0863. The minimum Gasteiger partial charge on any atom is -0.355 e. The SMILES string of the molecule is Cn1nccc1CCNC(=O)[C@H]1CCCN(C(=O)N2CCCC2)C1. The van der Waals surface area contributed by atoms with Crippen LogP contribution in [0.2, 0.25) is 0 Å². The van der Waals surface area contributed by atoms with Crippen LogP contribution in [0.4, 0.5) is 4.79 Å². The van der Waals surface area contributed by atoms with Gasteiger partial charge in [0.2, 0.25) is 5.91 Å². The van der Waals surface area contributed by atoms with E-state index in [1.165, 1.54) is 0 Å². The number of rotatable bonds is 4. The molecule has 1 aromatic heterocycles. The Morgan fingerprint density at radius 3 is 2.67 bits per heavy atom. The van der Waals surface area contributed by atoms with Crippen LogP contribution in [0.15, 0.2) is 12.3 Å². The van der Waals surface area contributed by atoms with Crippen molar-refractivity contribution >= 4 is 11.9 Å². The number of hydrogen-bond acceptors (Lipinski definition) is 3. The molecule has 0 radical (unpaired) electrons. The number of nitrogens with zero attached hydrogens (tertiary/aromatic N) is 4. The van der Waals surface area contributed by atoms with Gasteiger partial charge in [0.05, 0.1) is 5.92 Å². The highest BCUT2D eigenvalue weighted by Crippen LogP contribution is 2.20. The van der Waals surface area contributed by atoms with Gasteiger partial charge in [-0.2, -0.15) is 5.10 Å². The van der Waals surface area contributed by atoms with Crippen LogP contribution in [0.25, 0.3) is 0 Å². The molecule has 0 bridgehead atoms. The summed E-state index contributed by atoms with van der Waals surface area (Å²) in [5, 5.41) is 7.14. The molecule has 1 N–H and O–H groups in total. The van der Waals surface area contributed by atoms with Crippen molar-refractivity contribution in [1.82, 2.24) is 24.9 Å². The topological polar surface area (TPSA) is 70.5 Å². The van der Waals surface area contributed by atoms with Gasteiger partial charge in [0.15, 0.2) is 0 Å². The smallest absolute Gasteiger partial charge is 0.320 e. The van der Waals surface area contributed by atoms with E-state index in [4.69, 9.17) is 0 Å². The number of amides is 3. The molecule has 0 spiro atoms. The van der Waals surface area contributed by atoms with E-state index < -0.39 is 0 Å². The molecule has 3 heterocycles. The number of piperidine rings is 1. The van der Waals surface area contributed by atoms with Crippen LogP contribution in [0, 0.1) is 5.92 Å². The average molecular weight is 333 g/mol. The lowest BCUT2D eigenvalue weighted by Gasteiger charge is -2.34. The number of likely N-dealkylation sites (tertiary alicyclic amines) is 2. The quantitative estimate of drug-likeness (QED) is 0.894. The minimum absolute atomic E-state index is 0.0658. The first-order valence-corrected chi connectivity index (χ1v) is 8.93. The second-order valence-corrected chi connectivity index (χ2v) is 6.75. The van der Waals surface area contributed by atoms with Gasteiger partial charge in [-0.3, -0.25) is 9.48 Å². The second kappa shape index (κ2) is 7.68. The molecule has 3 rings (SSSR count). The van der Waals surface area contributed by atoms with Crippen LogP contribution in [-0.2, 0) is 18.3 Å². The van der Waals surface area contributed by atoms with Gasteiger partial charge in [-0.15, -0.1) is 0 Å². The highest BCUT2D eigenvalue weighted by molar-refractivity contribution is 5.81. The fourth-order valence-corrected chi connectivity index (χ4v) is 3.58. The summed E-state index contributed by atoms with van der Waals surface area (Å²) in [5.74, 6) is -0.0204. The number of urea groups is 1. The molecule has 2 fully saturated rings. The Balaban J connectivity index is 1.46. The van der Waals surface area contributed by atoms with E-state index in [2.05, 4.69) is 10.4 Å². The van der Waals surface area contributed by atoms with E-state index in [9.17, 15) is 9.59 Å². The molecule has 1 atom stereocenters. The molecule has 1 aromatic rings. The number of nitrogens with one attached hydrogen (secondary N) is 1. The molecule has 7 nitrogen and oxygen atoms in total. The Bertz CT molecular complexity index is 579. The van der Waals surface area contributed by atoms with Crippen molar-refractivity contribution in [2.75, 3.05) is 32.7 Å². The number of carbonyl (C=O) groups excluding carboxylic acids is 2. The molecule has 0 aromatic carbocycles. The molecule has 2 saturated heterocycles. The summed E-state index contributed by atoms with van der Waals surface area (Å²) in [7, 11) is 1.90. The van der Waals surface area contributed by atoms with Gasteiger partial charge in [-0.05, 0) is 31.7 Å². The lowest BCUT2D eigenvalue weighted by Crippen LogP contribution is -2.49. The Hall–Kier alpha value is -2.05. The first-order chi connectivity index (χ1) is 11.6. The van der Waals surface area contributed by atoms with E-state index in [1.54, 1.807) is 6.20 Å². The molecule has 0 saturated carbocycles. The Morgan fingerprint density at radius 2 is 1.96 bits per heavy atom. The van der Waals surface area contributed by atoms with Crippen LogP contribution in [-0.4, -0.2) is 64.2 Å². The van der Waals surface area contributed by atoms with Crippen molar-refractivity contribution in [2.24, 2.45) is 13.0 Å². The monoisotopic (exact) mass is 333 g/mol. The highest BCUT2D eigenvalue weighted by Gasteiger charge is 2.31. The Morgan fingerprint density at radius 1 is 1.21 bits per heavy atom. The zero-order valence-corrected chi connectivity index (χ0v) is 14.4. The molecule has 2 aliphatic rings. The summed E-state index contributed by atoms with van der Waals surface area (Å²) in [6, 6.07) is 2.07. The van der Waals surface area contributed by atoms with Crippen LogP contribution in [0.1, 0.15) is 31.4 Å². The number of hydrogen-bond donors (Lipinski definition) is 1. The van der Waals surface area contributed by atoms with Crippen molar-refractivity contribution in [3.8, 4) is 0 Å². The number of carbonyl (C=O) groups is 2. The first kappa shape index (κ1) is 16.8. The zero-order chi connectivity index (χ0) is 16.9. The third kappa shape index (κ3) is 3.88. The summed E-state index contributed by atoms with van der Waals surface area (Å²) in [4.78, 5) is 28.7. The molecule has 7 heteroatoms. The van der Waals surface area contributed by atoms with E-state index >= 15 is 0 Å². The lowest BCUT2D eigenvalue weighted by atomic mass is 9.97. The molecule has 0 unspecified atom stereocenters. The van der Waals surface area contributed by atoms with Crippen LogP contribution >= 0.6 is 0 Å². The number of aryl methyl sites for hydroxylation is 1. The normalized spacial score (nSPS) is 21.1. The third-order valence-electron chi connectivity index (χ3n) is 5.04. The summed E-state index contributed by atoms with van der Waals surface area (Å²) >= 11 is 0. The van der Waals surface area contributed by atoms with Gasteiger partial charge >= 0.3 is 6.03 Å². The standard InChI is InChI=1S/C17H27N5O2/c1-20-15(7-9-19-20)6-8-18-16(23)14-5-4-12-22(13-14)17(24)21-10-2-3-11-21/h7,9,14H,2-6,8,10-13H2,1H3,(H,18,23)/t14-/m0/s1. The molecule has 24 heavy (non-hydrogen) atoms. The van der Waals surface area contributed by atoms with Crippen LogP contribution < -0.4 is 5.32 Å². The average Bonchev–Trinajstić information content (AvgIpc) is 3.26. The van der Waals surface area contributed by atoms with Gasteiger partial charge in [0.1, 0.15) is 0 Å². The highest BCUT2D eigenvalue weighted by atomic mass is 16.2. The zero-order valence-electron chi connectivity index (χ0n) is 14.4. The number of aromatic nitrogens is 2. The lowest BCUT2D eigenvalue weighted by molar-refractivity contribution is -0.126. The van der Waals surface area contributed by atoms with E-state index in [0.29, 0.717) is 13.1 Å². The van der Waals surface area contributed by atoms with Gasteiger partial charge in [-0.25, -0.2) is 4.79 Å². The van der Waals surface area contributed by atoms with Gasteiger partial charge in [0, 0.05) is 58.1 Å². The predicted octanol–water partition coefficient (Wildman–Crippen LogP) is 1.01. The van der Waals surface area contributed by atoms with Crippen molar-refractivity contribution in [2.45, 2.75) is 32.1 Å². The third-order valence-corrected chi connectivity index (χ3v) is 5.04. The van der Waals surface area contributed by atoms with Crippen molar-refractivity contribution < 1.29 is 9.59 Å². The molecule has 2 aliphatic heterocycles. The van der Waals surface area contributed by atoms with E-state index in [1.807, 2.05) is 27.6 Å². The maximum atomic E-state index is 12.5. The first-order valence-electron chi connectivity index (χ1n) is 8.93. The van der Waals surface area contributed by atoms with Crippen molar-refractivity contribution in [1.29, 1.82) is 0 Å². The molecular formula is C17H27N5O2. The summed E-state index contributed by atoms with van der Waals surface area (Å²) in [6.45, 7) is 3.64. The van der Waals surface area contributed by atoms with Gasteiger partial charge < -0.3 is 15.1 Å². The van der Waals surface area contributed by atoms with Crippen LogP contribution in [0.3, 0.4) is 0 Å². The van der Waals surface area contributed by atoms with Gasteiger partial charge in [-0.1, -0.05) is 0 Å². The van der Waals surface area contributed by atoms with E-state index in [-0.39, 0.29) is 17.9 Å². The maximum Gasteiger partial charge on any atom is 0.320 e. The predicted molar refractivity (Wildman–Crippen MR) is 90.4 cm³/mol. The van der Waals surface area contributed by atoms with Crippen molar-refractivity contribution in [3.05, 3.63) is 18.0 Å². The molecule has 3 amide bonds. The summed E-state index contributed by atoms with van der Waals surface area (Å²) < 4.78 is 1.82. The van der Waals surface area contributed by atoms with Gasteiger partial charge in [0.25, 0.3) is 0 Å². The maximum absolute atomic E-state index is 12.5. The molecule has 132 valence electrons. The Kier molecular flexibility index (Phi) is 5.37. The summed E-state index contributed by atoms with van der Waals surface area (Å²) in [5.41, 5.74) is 1.10. The van der Waals surface area contributed by atoms with Crippen LogP contribution in [0.5, 0.6) is 0 Å². The second-order valence-electron chi connectivity index (χ2n) is 6.75. The molecular weight excluding hydrogens is 306 g/mol. The van der Waals surface area contributed by atoms with E-state index in [0.717, 1.165) is 57.4 Å². The fourth-order valence-electron chi connectivity index (χ4n) is 3.58.